The number of carboxylic acid groups (broad SMARTS) is 1. The van der Waals surface area contributed by atoms with Crippen molar-refractivity contribution in [3.8, 4) is 0 Å². The number of likely N-dealkylation sites (N-methyl/N-ethyl adjacent to an activating group) is 1. The molecule has 0 fully saturated rings. The molecule has 0 aromatic carbocycles. The number of carboxylic acids is 1. The normalized spacial score (nSPS) is 12.4. The summed E-state index contributed by atoms with van der Waals surface area (Å²) in [5.74, 6) is -1.08. The topological polar surface area (TPSA) is 88.3 Å². The Balaban J connectivity index is 2.63. The van der Waals surface area contributed by atoms with Gasteiger partial charge in [-0.2, -0.15) is 0 Å². The number of rotatable bonds is 7. The number of thioether (sulfide) groups is 1. The van der Waals surface area contributed by atoms with Gasteiger partial charge in [0.25, 0.3) is 0 Å². The second-order valence-corrected chi connectivity index (χ2v) is 5.61. The molecule has 1 unspecified atom stereocenters. The standard InChI is InChI=1S/C12H20N4O3S/c1-5-9(11(18)19)15(4)10(17)6-20-12-14-13-7-16(12)8(2)3/h7-9H,5-6H2,1-4H3,(H,18,19). The van der Waals surface area contributed by atoms with Gasteiger partial charge in [-0.15, -0.1) is 10.2 Å². The van der Waals surface area contributed by atoms with Gasteiger partial charge in [0.05, 0.1) is 5.75 Å². The minimum absolute atomic E-state index is 0.145. The molecule has 8 heteroatoms. The number of nitrogens with zero attached hydrogens (tertiary/aromatic N) is 4. The smallest absolute Gasteiger partial charge is 0.326 e. The second kappa shape index (κ2) is 7.28. The summed E-state index contributed by atoms with van der Waals surface area (Å²) in [7, 11) is 1.51. The zero-order chi connectivity index (χ0) is 15.3. The third-order valence-corrected chi connectivity index (χ3v) is 3.90. The third kappa shape index (κ3) is 3.96. The van der Waals surface area contributed by atoms with Crippen LogP contribution in [0, 0.1) is 0 Å². The fourth-order valence-corrected chi connectivity index (χ4v) is 2.67. The van der Waals surface area contributed by atoms with E-state index in [1.165, 1.54) is 23.7 Å². The summed E-state index contributed by atoms with van der Waals surface area (Å²) in [5, 5.41) is 17.5. The van der Waals surface area contributed by atoms with E-state index in [1.807, 2.05) is 18.4 Å². The summed E-state index contributed by atoms with van der Waals surface area (Å²) in [4.78, 5) is 24.3. The summed E-state index contributed by atoms with van der Waals surface area (Å²) in [5.41, 5.74) is 0. The van der Waals surface area contributed by atoms with Crippen LogP contribution in [0.3, 0.4) is 0 Å². The number of carbonyl (C=O) groups is 2. The first-order chi connectivity index (χ1) is 9.38. The molecule has 1 amide bonds. The van der Waals surface area contributed by atoms with E-state index in [9.17, 15) is 9.59 Å². The summed E-state index contributed by atoms with van der Waals surface area (Å²) in [6.45, 7) is 5.74. The van der Waals surface area contributed by atoms with Crippen molar-refractivity contribution in [2.75, 3.05) is 12.8 Å². The fraction of sp³-hybridized carbons (Fsp3) is 0.667. The van der Waals surface area contributed by atoms with Gasteiger partial charge in [0.15, 0.2) is 5.16 Å². The highest BCUT2D eigenvalue weighted by molar-refractivity contribution is 7.99. The van der Waals surface area contributed by atoms with Crippen LogP contribution in [0.4, 0.5) is 0 Å². The van der Waals surface area contributed by atoms with Crippen molar-refractivity contribution in [2.45, 2.75) is 44.4 Å². The number of hydrogen-bond acceptors (Lipinski definition) is 5. The van der Waals surface area contributed by atoms with Gasteiger partial charge in [-0.05, 0) is 20.3 Å². The second-order valence-electron chi connectivity index (χ2n) is 4.67. The molecule has 0 saturated carbocycles. The maximum absolute atomic E-state index is 12.0. The van der Waals surface area contributed by atoms with Crippen molar-refractivity contribution >= 4 is 23.6 Å². The molecule has 7 nitrogen and oxygen atoms in total. The van der Waals surface area contributed by atoms with Crippen LogP contribution in [0.15, 0.2) is 11.5 Å². The molecule has 0 aliphatic heterocycles. The molecule has 0 aliphatic carbocycles. The molecule has 1 heterocycles. The first-order valence-corrected chi connectivity index (χ1v) is 7.37. The van der Waals surface area contributed by atoms with Crippen molar-refractivity contribution in [1.82, 2.24) is 19.7 Å². The number of carbonyl (C=O) groups excluding carboxylic acids is 1. The van der Waals surface area contributed by atoms with Crippen LogP contribution in [-0.4, -0.2) is 55.5 Å². The highest BCUT2D eigenvalue weighted by Gasteiger charge is 2.25. The highest BCUT2D eigenvalue weighted by atomic mass is 32.2. The van der Waals surface area contributed by atoms with E-state index in [-0.39, 0.29) is 17.7 Å². The van der Waals surface area contributed by atoms with Gasteiger partial charge >= 0.3 is 5.97 Å². The lowest BCUT2D eigenvalue weighted by atomic mass is 10.2. The Morgan fingerprint density at radius 2 is 2.15 bits per heavy atom. The molecule has 0 spiro atoms. The predicted molar refractivity (Wildman–Crippen MR) is 75.6 cm³/mol. The van der Waals surface area contributed by atoms with Gasteiger partial charge in [-0.25, -0.2) is 4.79 Å². The van der Waals surface area contributed by atoms with E-state index in [0.717, 1.165) is 0 Å². The largest absolute Gasteiger partial charge is 0.480 e. The predicted octanol–water partition coefficient (Wildman–Crippen LogP) is 1.27. The van der Waals surface area contributed by atoms with Gasteiger partial charge in [0.1, 0.15) is 12.4 Å². The zero-order valence-corrected chi connectivity index (χ0v) is 12.9. The molecule has 112 valence electrons. The first kappa shape index (κ1) is 16.5. The highest BCUT2D eigenvalue weighted by Crippen LogP contribution is 2.19. The molecule has 1 aromatic rings. The van der Waals surface area contributed by atoms with Crippen LogP contribution in [0.1, 0.15) is 33.2 Å². The van der Waals surface area contributed by atoms with E-state index in [0.29, 0.717) is 11.6 Å². The molecule has 0 bridgehead atoms. The summed E-state index contributed by atoms with van der Waals surface area (Å²) in [6, 6.07) is -0.575. The maximum atomic E-state index is 12.0. The lowest BCUT2D eigenvalue weighted by Gasteiger charge is -2.23. The molecule has 1 atom stereocenters. The van der Waals surface area contributed by atoms with E-state index in [1.54, 1.807) is 13.3 Å². The van der Waals surface area contributed by atoms with E-state index in [4.69, 9.17) is 5.11 Å². The number of amides is 1. The van der Waals surface area contributed by atoms with Gasteiger partial charge in [0.2, 0.25) is 5.91 Å². The zero-order valence-electron chi connectivity index (χ0n) is 12.1. The molecule has 0 radical (unpaired) electrons. The van der Waals surface area contributed by atoms with Gasteiger partial charge in [-0.1, -0.05) is 18.7 Å². The Labute approximate surface area is 122 Å². The minimum atomic E-state index is -0.987. The Morgan fingerprint density at radius 1 is 1.50 bits per heavy atom. The lowest BCUT2D eigenvalue weighted by molar-refractivity contribution is -0.148. The van der Waals surface area contributed by atoms with Crippen LogP contribution < -0.4 is 0 Å². The van der Waals surface area contributed by atoms with Crippen molar-refractivity contribution in [3.05, 3.63) is 6.33 Å². The quantitative estimate of drug-likeness (QED) is 0.763. The van der Waals surface area contributed by atoms with Crippen LogP contribution in [0.2, 0.25) is 0 Å². The fourth-order valence-electron chi connectivity index (χ4n) is 1.71. The summed E-state index contributed by atoms with van der Waals surface area (Å²) < 4.78 is 1.87. The van der Waals surface area contributed by atoms with Gasteiger partial charge < -0.3 is 14.6 Å². The Bertz CT molecular complexity index is 475. The third-order valence-electron chi connectivity index (χ3n) is 2.95. The Kier molecular flexibility index (Phi) is 6.00. The maximum Gasteiger partial charge on any atom is 0.326 e. The van der Waals surface area contributed by atoms with E-state index < -0.39 is 12.0 Å². The molecule has 1 aromatic heterocycles. The average Bonchev–Trinajstić information content (AvgIpc) is 2.84. The SMILES string of the molecule is CCC(C(=O)O)N(C)C(=O)CSc1nncn1C(C)C. The molecule has 1 rings (SSSR count). The van der Waals surface area contributed by atoms with Crippen LogP contribution in [0.5, 0.6) is 0 Å². The summed E-state index contributed by atoms with van der Waals surface area (Å²) in [6.07, 6.45) is 2.00. The Morgan fingerprint density at radius 3 is 2.65 bits per heavy atom. The number of aliphatic carboxylic acids is 1. The van der Waals surface area contributed by atoms with Crippen LogP contribution in [-0.2, 0) is 9.59 Å². The molecular formula is C12H20N4O3S. The van der Waals surface area contributed by atoms with Crippen molar-refractivity contribution in [2.24, 2.45) is 0 Å². The van der Waals surface area contributed by atoms with Crippen LogP contribution in [0.25, 0.3) is 0 Å². The van der Waals surface area contributed by atoms with E-state index in [2.05, 4.69) is 10.2 Å². The first-order valence-electron chi connectivity index (χ1n) is 6.39. The van der Waals surface area contributed by atoms with Gasteiger partial charge in [0, 0.05) is 13.1 Å². The van der Waals surface area contributed by atoms with Crippen molar-refractivity contribution in [1.29, 1.82) is 0 Å². The monoisotopic (exact) mass is 300 g/mol. The molecule has 20 heavy (non-hydrogen) atoms. The van der Waals surface area contributed by atoms with Crippen molar-refractivity contribution < 1.29 is 14.7 Å². The molecule has 0 aliphatic rings. The molecule has 0 saturated heterocycles. The number of hydrogen-bond donors (Lipinski definition) is 1. The summed E-state index contributed by atoms with van der Waals surface area (Å²) >= 11 is 1.26. The average molecular weight is 300 g/mol. The van der Waals surface area contributed by atoms with E-state index >= 15 is 0 Å². The van der Waals surface area contributed by atoms with Gasteiger partial charge in [-0.3, -0.25) is 4.79 Å². The Hall–Kier alpha value is -1.57. The lowest BCUT2D eigenvalue weighted by Crippen LogP contribution is -2.42. The molecular weight excluding hydrogens is 280 g/mol. The minimum Gasteiger partial charge on any atom is -0.480 e. The number of aromatic nitrogens is 3. The van der Waals surface area contributed by atoms with Crippen LogP contribution >= 0.6 is 11.8 Å². The molecule has 1 N–H and O–H groups in total. The van der Waals surface area contributed by atoms with Crippen molar-refractivity contribution in [3.63, 3.8) is 0 Å².